The van der Waals surface area contributed by atoms with Gasteiger partial charge in [0.2, 0.25) is 11.8 Å². The fraction of sp³-hybridized carbons (Fsp3) is 0.733. The van der Waals surface area contributed by atoms with E-state index in [1.165, 1.54) is 26.0 Å². The van der Waals surface area contributed by atoms with E-state index in [2.05, 4.69) is 9.97 Å². The monoisotopic (exact) mass is 373 g/mol. The molecule has 1 rings (SSSR count). The molecule has 0 amide bonds. The van der Waals surface area contributed by atoms with Gasteiger partial charge in [-0.15, -0.1) is 0 Å². The Hall–Kier alpha value is -2.08. The predicted molar refractivity (Wildman–Crippen MR) is 95.7 cm³/mol. The SMILES string of the molecule is COC[C@H](O)CN(C)c1nc(C)c([N+](=O)[O-])c(N(C)C[C@@H](O)COC)n1. The molecule has 0 saturated heterocycles. The number of methoxy groups -OCH3 is 2. The maximum absolute atomic E-state index is 11.4. The summed E-state index contributed by atoms with van der Waals surface area (Å²) in [6.45, 7) is 2.05. The lowest BCUT2D eigenvalue weighted by atomic mass is 10.3. The van der Waals surface area contributed by atoms with Gasteiger partial charge in [0.1, 0.15) is 5.69 Å². The van der Waals surface area contributed by atoms with Crippen LogP contribution in [0.4, 0.5) is 17.5 Å². The second kappa shape index (κ2) is 10.2. The van der Waals surface area contributed by atoms with Gasteiger partial charge in [0.15, 0.2) is 0 Å². The Morgan fingerprint density at radius 2 is 1.58 bits per heavy atom. The first-order valence-corrected chi connectivity index (χ1v) is 8.00. The van der Waals surface area contributed by atoms with Gasteiger partial charge in [0.25, 0.3) is 0 Å². The topological polar surface area (TPSA) is 134 Å². The van der Waals surface area contributed by atoms with Crippen LogP contribution in [0.2, 0.25) is 0 Å². The minimum Gasteiger partial charge on any atom is -0.389 e. The second-order valence-corrected chi connectivity index (χ2v) is 6.02. The van der Waals surface area contributed by atoms with Gasteiger partial charge >= 0.3 is 5.69 Å². The number of hydrogen-bond donors (Lipinski definition) is 2. The van der Waals surface area contributed by atoms with Crippen molar-refractivity contribution in [1.82, 2.24) is 9.97 Å². The molecule has 0 unspecified atom stereocenters. The van der Waals surface area contributed by atoms with Gasteiger partial charge in [0.05, 0.1) is 30.3 Å². The molecular weight excluding hydrogens is 346 g/mol. The van der Waals surface area contributed by atoms with Gasteiger partial charge < -0.3 is 29.5 Å². The fourth-order valence-electron chi connectivity index (χ4n) is 2.48. The summed E-state index contributed by atoms with van der Waals surface area (Å²) in [5.74, 6) is 0.312. The first-order valence-electron chi connectivity index (χ1n) is 8.00. The maximum atomic E-state index is 11.4. The number of aromatic nitrogens is 2. The molecule has 148 valence electrons. The third-order valence-electron chi connectivity index (χ3n) is 3.60. The van der Waals surface area contributed by atoms with Gasteiger partial charge in [-0.2, -0.15) is 4.98 Å². The van der Waals surface area contributed by atoms with Crippen molar-refractivity contribution < 1.29 is 24.6 Å². The molecule has 2 N–H and O–H groups in total. The third kappa shape index (κ3) is 6.02. The summed E-state index contributed by atoms with van der Waals surface area (Å²) < 4.78 is 9.77. The molecule has 26 heavy (non-hydrogen) atoms. The van der Waals surface area contributed by atoms with E-state index in [1.807, 2.05) is 0 Å². The second-order valence-electron chi connectivity index (χ2n) is 6.02. The summed E-state index contributed by atoms with van der Waals surface area (Å²) in [5.41, 5.74) is -0.0390. The van der Waals surface area contributed by atoms with E-state index < -0.39 is 17.1 Å². The number of anilines is 2. The van der Waals surface area contributed by atoms with E-state index in [9.17, 15) is 20.3 Å². The summed E-state index contributed by atoms with van der Waals surface area (Å²) in [5, 5.41) is 31.2. The molecule has 0 radical (unpaired) electrons. The van der Waals surface area contributed by atoms with E-state index in [1.54, 1.807) is 19.0 Å². The van der Waals surface area contributed by atoms with Crippen molar-refractivity contribution in [3.8, 4) is 0 Å². The number of likely N-dealkylation sites (N-methyl/N-ethyl adjacent to an activating group) is 2. The molecule has 0 fully saturated rings. The number of aryl methyl sites for hydroxylation is 1. The summed E-state index contributed by atoms with van der Waals surface area (Å²) in [6.07, 6.45) is -1.58. The zero-order valence-electron chi connectivity index (χ0n) is 15.7. The van der Waals surface area contributed by atoms with Crippen molar-refractivity contribution in [2.45, 2.75) is 19.1 Å². The van der Waals surface area contributed by atoms with Gasteiger partial charge in [-0.05, 0) is 6.92 Å². The Kier molecular flexibility index (Phi) is 8.58. The largest absolute Gasteiger partial charge is 0.389 e. The molecule has 1 heterocycles. The van der Waals surface area contributed by atoms with Crippen LogP contribution < -0.4 is 9.80 Å². The van der Waals surface area contributed by atoms with Gasteiger partial charge in [0, 0.05) is 41.4 Å². The van der Waals surface area contributed by atoms with Crippen LogP contribution in [-0.4, -0.2) is 91.9 Å². The van der Waals surface area contributed by atoms with Crippen LogP contribution in [0.25, 0.3) is 0 Å². The van der Waals surface area contributed by atoms with Crippen molar-refractivity contribution in [3.63, 3.8) is 0 Å². The Labute approximate surface area is 152 Å². The van der Waals surface area contributed by atoms with Crippen molar-refractivity contribution in [2.75, 3.05) is 64.4 Å². The first-order chi connectivity index (χ1) is 12.2. The lowest BCUT2D eigenvalue weighted by Crippen LogP contribution is -2.35. The molecule has 1 aromatic heterocycles. The normalized spacial score (nSPS) is 13.3. The average Bonchev–Trinajstić information content (AvgIpc) is 2.53. The first kappa shape index (κ1) is 22.0. The molecule has 2 atom stereocenters. The minimum absolute atomic E-state index is 0.0840. The van der Waals surface area contributed by atoms with E-state index in [4.69, 9.17) is 9.47 Å². The quantitative estimate of drug-likeness (QED) is 0.389. The summed E-state index contributed by atoms with van der Waals surface area (Å²) in [6, 6.07) is 0. The standard InChI is InChI=1S/C15H27N5O6/c1-10-13(20(23)24)14(18(2)6-11(21)8-25-4)17-15(16-10)19(3)7-12(22)9-26-5/h11-12,21-22H,6-9H2,1-5H3/t11-,12-/m1/s1. The smallest absolute Gasteiger partial charge is 0.332 e. The molecule has 0 aliphatic rings. The van der Waals surface area contributed by atoms with Crippen molar-refractivity contribution in [3.05, 3.63) is 15.8 Å². The highest BCUT2D eigenvalue weighted by Crippen LogP contribution is 2.30. The van der Waals surface area contributed by atoms with Crippen LogP contribution in [0.5, 0.6) is 0 Å². The molecule has 0 aromatic carbocycles. The lowest BCUT2D eigenvalue weighted by molar-refractivity contribution is -0.385. The number of nitro groups is 1. The number of aliphatic hydroxyl groups is 2. The zero-order valence-corrected chi connectivity index (χ0v) is 15.7. The van der Waals surface area contributed by atoms with Crippen molar-refractivity contribution in [1.29, 1.82) is 0 Å². The van der Waals surface area contributed by atoms with Crippen LogP contribution in [-0.2, 0) is 9.47 Å². The highest BCUT2D eigenvalue weighted by molar-refractivity contribution is 5.62. The number of nitrogens with zero attached hydrogens (tertiary/aromatic N) is 5. The van der Waals surface area contributed by atoms with Crippen molar-refractivity contribution in [2.24, 2.45) is 0 Å². The van der Waals surface area contributed by atoms with Gasteiger partial charge in [-0.3, -0.25) is 10.1 Å². The highest BCUT2D eigenvalue weighted by atomic mass is 16.6. The lowest BCUT2D eigenvalue weighted by Gasteiger charge is -2.25. The number of hydrogen-bond acceptors (Lipinski definition) is 10. The molecule has 0 aliphatic heterocycles. The van der Waals surface area contributed by atoms with Crippen LogP contribution in [0.15, 0.2) is 0 Å². The fourth-order valence-corrected chi connectivity index (χ4v) is 2.48. The molecule has 1 aromatic rings. The molecule has 0 saturated carbocycles. The van der Waals surface area contributed by atoms with Crippen LogP contribution in [0.3, 0.4) is 0 Å². The average molecular weight is 373 g/mol. The molecule has 11 heteroatoms. The van der Waals surface area contributed by atoms with E-state index in [0.717, 1.165) is 0 Å². The molecular formula is C15H27N5O6. The Balaban J connectivity index is 3.16. The number of ether oxygens (including phenoxy) is 2. The Morgan fingerprint density at radius 3 is 2.04 bits per heavy atom. The molecule has 0 spiro atoms. The third-order valence-corrected chi connectivity index (χ3v) is 3.60. The summed E-state index contributed by atoms with van der Waals surface area (Å²) in [4.78, 5) is 22.4. The predicted octanol–water partition coefficient (Wildman–Crippen LogP) is -0.420. The van der Waals surface area contributed by atoms with E-state index in [-0.39, 0.29) is 49.5 Å². The molecule has 11 nitrogen and oxygen atoms in total. The van der Waals surface area contributed by atoms with Gasteiger partial charge in [-0.1, -0.05) is 0 Å². The molecule has 0 aliphatic carbocycles. The van der Waals surface area contributed by atoms with Crippen molar-refractivity contribution >= 4 is 17.5 Å². The van der Waals surface area contributed by atoms with Crippen LogP contribution >= 0.6 is 0 Å². The minimum atomic E-state index is -0.829. The van der Waals surface area contributed by atoms with Crippen LogP contribution in [0.1, 0.15) is 5.69 Å². The van der Waals surface area contributed by atoms with Gasteiger partial charge in [-0.25, -0.2) is 4.98 Å². The molecule has 0 bridgehead atoms. The Bertz CT molecular complexity index is 602. The zero-order chi connectivity index (χ0) is 19.9. The van der Waals surface area contributed by atoms with E-state index >= 15 is 0 Å². The number of aliphatic hydroxyl groups excluding tert-OH is 2. The summed E-state index contributed by atoms with van der Waals surface area (Å²) >= 11 is 0. The maximum Gasteiger partial charge on any atom is 0.332 e. The van der Waals surface area contributed by atoms with E-state index in [0.29, 0.717) is 0 Å². The van der Waals surface area contributed by atoms with Crippen LogP contribution in [0, 0.1) is 17.0 Å². The number of rotatable bonds is 11. The Morgan fingerprint density at radius 1 is 1.08 bits per heavy atom. The summed E-state index contributed by atoms with van der Waals surface area (Å²) in [7, 11) is 6.20. The highest BCUT2D eigenvalue weighted by Gasteiger charge is 2.27.